The zero-order chi connectivity index (χ0) is 23.7. The van der Waals surface area contributed by atoms with Crippen molar-refractivity contribution in [1.29, 1.82) is 0 Å². The number of fused-ring (bicyclic) bond motifs is 1. The highest BCUT2D eigenvalue weighted by molar-refractivity contribution is 7.71. The summed E-state index contributed by atoms with van der Waals surface area (Å²) in [7, 11) is 1.01. The van der Waals surface area contributed by atoms with E-state index in [1.807, 2.05) is 38.4 Å². The highest BCUT2D eigenvalue weighted by Gasteiger charge is 2.34. The lowest BCUT2D eigenvalue weighted by atomic mass is 10.1. The molecule has 5 rings (SSSR count). The van der Waals surface area contributed by atoms with Gasteiger partial charge in [-0.05, 0) is 43.5 Å². The number of rotatable bonds is 6. The summed E-state index contributed by atoms with van der Waals surface area (Å²) in [6, 6.07) is 6.37. The SMILES string of the molecule is CNc1nc(Nc2ccc(P3(=O)CCN(C4CCOCC4)CC3)cc2OC)nc2[nH]cc(C)c12. The van der Waals surface area contributed by atoms with Crippen molar-refractivity contribution in [3.05, 3.63) is 30.0 Å². The van der Waals surface area contributed by atoms with E-state index in [0.717, 1.165) is 72.6 Å². The van der Waals surface area contributed by atoms with Crippen molar-refractivity contribution in [2.24, 2.45) is 0 Å². The number of aryl methyl sites for hydroxylation is 1. The van der Waals surface area contributed by atoms with Crippen LogP contribution in [0.1, 0.15) is 18.4 Å². The van der Waals surface area contributed by atoms with Gasteiger partial charge < -0.3 is 29.7 Å². The summed E-state index contributed by atoms with van der Waals surface area (Å²) in [4.78, 5) is 14.9. The first kappa shape index (κ1) is 23.1. The lowest BCUT2D eigenvalue weighted by molar-refractivity contribution is 0.0371. The quantitative estimate of drug-likeness (QED) is 0.457. The fourth-order valence-corrected chi connectivity index (χ4v) is 7.66. The molecule has 2 fully saturated rings. The second kappa shape index (κ2) is 9.56. The van der Waals surface area contributed by atoms with Gasteiger partial charge in [-0.25, -0.2) is 0 Å². The molecule has 0 amide bonds. The van der Waals surface area contributed by atoms with Crippen molar-refractivity contribution in [3.63, 3.8) is 0 Å². The van der Waals surface area contributed by atoms with Crippen LogP contribution < -0.4 is 20.7 Å². The van der Waals surface area contributed by atoms with Crippen LogP contribution in [0.2, 0.25) is 0 Å². The number of aromatic nitrogens is 3. The van der Waals surface area contributed by atoms with Gasteiger partial charge in [-0.2, -0.15) is 9.97 Å². The number of hydrogen-bond acceptors (Lipinski definition) is 8. The van der Waals surface area contributed by atoms with Gasteiger partial charge in [-0.15, -0.1) is 0 Å². The second-order valence-corrected chi connectivity index (χ2v) is 12.3. The molecule has 3 aromatic rings. The molecule has 4 heterocycles. The molecule has 0 saturated carbocycles. The Kier molecular flexibility index (Phi) is 6.51. The summed E-state index contributed by atoms with van der Waals surface area (Å²) < 4.78 is 25.0. The number of benzene rings is 1. The molecule has 182 valence electrons. The maximum atomic E-state index is 13.9. The van der Waals surface area contributed by atoms with Gasteiger partial charge in [0.1, 0.15) is 24.4 Å². The summed E-state index contributed by atoms with van der Waals surface area (Å²) in [6.45, 7) is 5.44. The molecule has 2 aromatic heterocycles. The topological polar surface area (TPSA) is 104 Å². The van der Waals surface area contributed by atoms with Crippen LogP contribution in [0.15, 0.2) is 24.4 Å². The summed E-state index contributed by atoms with van der Waals surface area (Å²) >= 11 is 0. The van der Waals surface area contributed by atoms with Crippen molar-refractivity contribution in [2.45, 2.75) is 25.8 Å². The molecular weight excluding hydrogens is 451 g/mol. The van der Waals surface area contributed by atoms with Gasteiger partial charge in [-0.3, -0.25) is 4.90 Å². The molecule has 0 bridgehead atoms. The number of H-pyrrole nitrogens is 1. The van der Waals surface area contributed by atoms with E-state index in [4.69, 9.17) is 9.47 Å². The van der Waals surface area contributed by atoms with E-state index in [1.54, 1.807) is 7.11 Å². The van der Waals surface area contributed by atoms with Crippen molar-refractivity contribution >= 4 is 40.9 Å². The summed E-state index contributed by atoms with van der Waals surface area (Å²) in [5, 5.41) is 8.28. The predicted molar refractivity (Wildman–Crippen MR) is 137 cm³/mol. The number of nitrogens with zero attached hydrogens (tertiary/aromatic N) is 3. The Morgan fingerprint density at radius 1 is 1.21 bits per heavy atom. The number of aromatic amines is 1. The summed E-state index contributed by atoms with van der Waals surface area (Å²) in [6.07, 6.45) is 5.48. The van der Waals surface area contributed by atoms with Crippen molar-refractivity contribution in [1.82, 2.24) is 19.9 Å². The first-order valence-electron chi connectivity index (χ1n) is 11.9. The molecule has 34 heavy (non-hydrogen) atoms. The van der Waals surface area contributed by atoms with E-state index >= 15 is 0 Å². The van der Waals surface area contributed by atoms with Crippen LogP contribution in [0.3, 0.4) is 0 Å². The first-order valence-corrected chi connectivity index (χ1v) is 14.0. The number of hydrogen-bond donors (Lipinski definition) is 3. The van der Waals surface area contributed by atoms with E-state index in [2.05, 4.69) is 30.5 Å². The molecule has 0 aliphatic carbocycles. The van der Waals surface area contributed by atoms with E-state index in [1.165, 1.54) is 0 Å². The van der Waals surface area contributed by atoms with Gasteiger partial charge in [0.05, 0.1) is 18.2 Å². The fourth-order valence-electron chi connectivity index (χ4n) is 5.06. The minimum Gasteiger partial charge on any atom is -0.495 e. The third-order valence-electron chi connectivity index (χ3n) is 7.07. The Morgan fingerprint density at radius 2 is 1.97 bits per heavy atom. The molecule has 2 aliphatic rings. The zero-order valence-electron chi connectivity index (χ0n) is 20.1. The molecular formula is C24H33N6O3P. The monoisotopic (exact) mass is 484 g/mol. The Hall–Kier alpha value is -2.61. The fraction of sp³-hybridized carbons (Fsp3) is 0.500. The Labute approximate surface area is 200 Å². The largest absolute Gasteiger partial charge is 0.495 e. The molecule has 10 heteroatoms. The van der Waals surface area contributed by atoms with Gasteiger partial charge in [-0.1, -0.05) is 0 Å². The van der Waals surface area contributed by atoms with Crippen LogP contribution >= 0.6 is 7.14 Å². The minimum atomic E-state index is -2.47. The van der Waals surface area contributed by atoms with E-state index in [-0.39, 0.29) is 0 Å². The average Bonchev–Trinajstić information content (AvgIpc) is 3.25. The third-order valence-corrected chi connectivity index (χ3v) is 10.1. The van der Waals surface area contributed by atoms with Gasteiger partial charge in [0, 0.05) is 63.2 Å². The third kappa shape index (κ3) is 4.40. The molecule has 9 nitrogen and oxygen atoms in total. The van der Waals surface area contributed by atoms with Gasteiger partial charge in [0.15, 0.2) is 0 Å². The lowest BCUT2D eigenvalue weighted by Crippen LogP contribution is -2.45. The molecule has 0 spiro atoms. The lowest BCUT2D eigenvalue weighted by Gasteiger charge is -2.39. The number of methoxy groups -OCH3 is 1. The normalized spacial score (nSPS) is 19.3. The predicted octanol–water partition coefficient (Wildman–Crippen LogP) is 3.54. The molecule has 2 saturated heterocycles. The van der Waals surface area contributed by atoms with Crippen LogP contribution in [-0.4, -0.2) is 78.7 Å². The number of anilines is 3. The highest BCUT2D eigenvalue weighted by Crippen LogP contribution is 2.48. The molecule has 0 radical (unpaired) electrons. The smallest absolute Gasteiger partial charge is 0.231 e. The first-order chi connectivity index (χ1) is 16.5. The molecule has 0 unspecified atom stereocenters. The van der Waals surface area contributed by atoms with Crippen LogP contribution in [0.25, 0.3) is 11.0 Å². The zero-order valence-corrected chi connectivity index (χ0v) is 21.0. The van der Waals surface area contributed by atoms with Gasteiger partial charge >= 0.3 is 0 Å². The van der Waals surface area contributed by atoms with Crippen molar-refractivity contribution < 1.29 is 14.0 Å². The Bertz CT molecular complexity index is 1210. The average molecular weight is 485 g/mol. The Morgan fingerprint density at radius 3 is 2.68 bits per heavy atom. The van der Waals surface area contributed by atoms with Crippen molar-refractivity contribution in [2.75, 3.05) is 63.4 Å². The molecule has 2 aliphatic heterocycles. The van der Waals surface area contributed by atoms with Gasteiger partial charge in [0.25, 0.3) is 0 Å². The van der Waals surface area contributed by atoms with E-state index in [9.17, 15) is 4.57 Å². The van der Waals surface area contributed by atoms with Crippen LogP contribution in [0, 0.1) is 6.92 Å². The molecule has 0 atom stereocenters. The maximum Gasteiger partial charge on any atom is 0.231 e. The number of ether oxygens (including phenoxy) is 2. The minimum absolute atomic E-state index is 0.459. The Balaban J connectivity index is 1.35. The van der Waals surface area contributed by atoms with E-state index < -0.39 is 7.14 Å². The summed E-state index contributed by atoms with van der Waals surface area (Å²) in [5.74, 6) is 1.85. The standard InChI is InChI=1S/C24H33N6O3P/c1-16-15-26-23-21(16)22(25-2)28-24(29-23)27-19-5-4-18(14-20(19)32-3)34(31)12-8-30(9-13-34)17-6-10-33-11-7-17/h4-5,14-15,17H,6-13H2,1-3H3,(H3,25,26,27,28,29). The van der Waals surface area contributed by atoms with Crippen LogP contribution in [-0.2, 0) is 9.30 Å². The summed E-state index contributed by atoms with van der Waals surface area (Å²) in [5.41, 5.74) is 2.58. The van der Waals surface area contributed by atoms with Crippen LogP contribution in [0.5, 0.6) is 5.75 Å². The number of nitrogens with one attached hydrogen (secondary N) is 3. The van der Waals surface area contributed by atoms with Gasteiger partial charge in [0.2, 0.25) is 5.95 Å². The maximum absolute atomic E-state index is 13.9. The van der Waals surface area contributed by atoms with E-state index in [0.29, 0.717) is 30.1 Å². The molecule has 3 N–H and O–H groups in total. The van der Waals surface area contributed by atoms with Crippen LogP contribution in [0.4, 0.5) is 17.5 Å². The molecule has 1 aromatic carbocycles. The van der Waals surface area contributed by atoms with Crippen molar-refractivity contribution in [3.8, 4) is 5.75 Å². The highest BCUT2D eigenvalue weighted by atomic mass is 31.2. The second-order valence-electron chi connectivity index (χ2n) is 9.07.